The third-order valence-corrected chi connectivity index (χ3v) is 18.1. The van der Waals surface area contributed by atoms with Crippen LogP contribution in [0.3, 0.4) is 0 Å². The van der Waals surface area contributed by atoms with Crippen LogP contribution in [0.5, 0.6) is 11.5 Å². The Morgan fingerprint density at radius 1 is 0.933 bits per heavy atom. The topological polar surface area (TPSA) is 204 Å². The molecule has 3 fully saturated rings. The van der Waals surface area contributed by atoms with Gasteiger partial charge < -0.3 is 50.4 Å². The highest BCUT2D eigenvalue weighted by molar-refractivity contribution is 5.89. The van der Waals surface area contributed by atoms with Crippen LogP contribution in [0.2, 0.25) is 0 Å². The van der Waals surface area contributed by atoms with E-state index in [-0.39, 0.29) is 86.0 Å². The van der Waals surface area contributed by atoms with Gasteiger partial charge in [-0.15, -0.1) is 0 Å². The summed E-state index contributed by atoms with van der Waals surface area (Å²) in [5, 5.41) is 68.5. The molecule has 7 aliphatic rings. The van der Waals surface area contributed by atoms with Gasteiger partial charge in [-0.05, 0) is 147 Å². The van der Waals surface area contributed by atoms with Gasteiger partial charge in [0, 0.05) is 86.7 Å². The first kappa shape index (κ1) is 53.1. The van der Waals surface area contributed by atoms with E-state index in [9.17, 15) is 35.1 Å². The van der Waals surface area contributed by atoms with Gasteiger partial charge in [0.1, 0.15) is 29.0 Å². The molecule has 0 radical (unpaired) electrons. The van der Waals surface area contributed by atoms with Gasteiger partial charge in [-0.1, -0.05) is 73.6 Å². The van der Waals surface area contributed by atoms with Crippen LogP contribution in [-0.2, 0) is 43.1 Å². The number of aliphatic hydroxyl groups excluding tert-OH is 2. The molecule has 3 aromatic carbocycles. The molecule has 75 heavy (non-hydrogen) atoms. The zero-order valence-corrected chi connectivity index (χ0v) is 43.8. The molecule has 0 amide bonds. The first-order valence-electron chi connectivity index (χ1n) is 27.7. The molecule has 3 saturated carbocycles. The zero-order valence-electron chi connectivity index (χ0n) is 43.8. The van der Waals surface area contributed by atoms with Crippen LogP contribution in [-0.4, -0.2) is 101 Å². The summed E-state index contributed by atoms with van der Waals surface area (Å²) in [4.78, 5) is 43.9. The molecule has 0 aromatic heterocycles. The number of allylic oxidation sites excluding steroid dienone is 2. The molecule has 3 aliphatic heterocycles. The van der Waals surface area contributed by atoms with Crippen molar-refractivity contribution < 1.29 is 54.1 Å². The van der Waals surface area contributed by atoms with E-state index in [4.69, 9.17) is 14.2 Å². The van der Waals surface area contributed by atoms with Crippen LogP contribution >= 0.6 is 0 Å². The number of anilines is 1. The summed E-state index contributed by atoms with van der Waals surface area (Å²) in [5.41, 5.74) is 2.59. The number of ether oxygens (including phenoxy) is 3. The molecule has 12 atom stereocenters. The number of phenols is 1. The van der Waals surface area contributed by atoms with Crippen molar-refractivity contribution in [2.24, 2.45) is 29.6 Å². The number of benzene rings is 3. The molecule has 0 spiro atoms. The Kier molecular flexibility index (Phi) is 15.8. The van der Waals surface area contributed by atoms with Crippen molar-refractivity contribution in [3.63, 3.8) is 0 Å². The summed E-state index contributed by atoms with van der Waals surface area (Å²) in [7, 11) is 3.33. The van der Waals surface area contributed by atoms with Crippen molar-refractivity contribution in [2.45, 2.75) is 157 Å². The Bertz CT molecular complexity index is 2770. The van der Waals surface area contributed by atoms with E-state index < -0.39 is 65.1 Å². The number of ketones is 1. The SMILES string of the molecule is CNCC(O)c1cc(NCC(C)(O)CCOC)cc(C2C#CC3CC(=O)Oc4c3cc(c(O)c4C3CCCCC3)CC3OC(=O)C(=CC(O)Cc4cccc(c4)CC4C(=O)CCC5C4CC4C=CCCC4C35O)C2)c1. The first-order chi connectivity index (χ1) is 36.1. The highest BCUT2D eigenvalue weighted by Crippen LogP contribution is 2.58. The lowest BCUT2D eigenvalue weighted by Crippen LogP contribution is -2.65. The van der Waals surface area contributed by atoms with Gasteiger partial charge in [-0.3, -0.25) is 9.59 Å². The maximum atomic E-state index is 15.7. The molecule has 12 unspecified atom stereocenters. The summed E-state index contributed by atoms with van der Waals surface area (Å²) in [5.74, 6) is 3.18. The van der Waals surface area contributed by atoms with Gasteiger partial charge in [0.15, 0.2) is 0 Å². The second-order valence-corrected chi connectivity index (χ2v) is 23.2. The van der Waals surface area contributed by atoms with Crippen LogP contribution in [0.4, 0.5) is 5.69 Å². The third kappa shape index (κ3) is 11.1. The van der Waals surface area contributed by atoms with E-state index in [0.29, 0.717) is 78.0 Å². The number of aromatic hydroxyl groups is 1. The number of phenolic OH excluding ortho intramolecular Hbond substituents is 1. The van der Waals surface area contributed by atoms with E-state index in [0.717, 1.165) is 49.7 Å². The van der Waals surface area contributed by atoms with Gasteiger partial charge >= 0.3 is 11.9 Å². The minimum Gasteiger partial charge on any atom is -0.507 e. The van der Waals surface area contributed by atoms with Crippen molar-refractivity contribution in [3.05, 3.63) is 111 Å². The normalized spacial score (nSPS) is 30.9. The lowest BCUT2D eigenvalue weighted by atomic mass is 9.49. The van der Waals surface area contributed by atoms with Crippen LogP contribution in [0.15, 0.2) is 72.3 Å². The molecule has 13 heteroatoms. The zero-order chi connectivity index (χ0) is 52.6. The molecule has 3 aromatic rings. The molecule has 7 N–H and O–H groups in total. The third-order valence-electron chi connectivity index (χ3n) is 18.1. The molecule has 10 rings (SSSR count). The van der Waals surface area contributed by atoms with E-state index in [1.807, 2.05) is 48.5 Å². The summed E-state index contributed by atoms with van der Waals surface area (Å²) in [6.07, 6.45) is 10.6. The summed E-state index contributed by atoms with van der Waals surface area (Å²) in [6, 6.07) is 15.4. The predicted octanol–water partition coefficient (Wildman–Crippen LogP) is 7.94. The molecule has 10 bridgehead atoms. The van der Waals surface area contributed by atoms with Gasteiger partial charge in [-0.25, -0.2) is 4.79 Å². The van der Waals surface area contributed by atoms with Crippen LogP contribution in [0.25, 0.3) is 0 Å². The number of Topliss-reactive ketones (excluding diaryl/α,β-unsaturated/α-hetero) is 1. The summed E-state index contributed by atoms with van der Waals surface area (Å²) < 4.78 is 18.5. The quantitative estimate of drug-likeness (QED) is 0.0423. The maximum absolute atomic E-state index is 15.7. The number of rotatable bonds is 11. The van der Waals surface area contributed by atoms with Crippen molar-refractivity contribution in [1.82, 2.24) is 5.32 Å². The number of hydrogen-bond donors (Lipinski definition) is 7. The Morgan fingerprint density at radius 3 is 2.51 bits per heavy atom. The predicted molar refractivity (Wildman–Crippen MR) is 284 cm³/mol. The Labute approximate surface area is 441 Å². The number of hydrogen-bond acceptors (Lipinski definition) is 13. The standard InChI is InChI=1S/C62H76N2O11/c1-61(71,20-21-73-3)35-64-46-27-42(26-43(28-46)54(67)34-63-2)39-16-17-40-33-56(68)75-59-48(40)31-44(58(69)57(59)38-12-5-4-6-13-38)32-55-62(72)51-15-8-7-14-41(51)30-49-50(53(66)19-18-52(49)62)24-37-11-9-10-36(22-37)23-47(65)29-45(25-39)60(70)74-55/h7,9-11,14,22,26-29,31,38-41,47,49-52,54-55,63-65,67,69,71-72H,4-6,8,12-13,15,18-21,23-25,30,32-35H2,1-3H3. The number of methoxy groups -OCH3 is 1. The van der Waals surface area contributed by atoms with Gasteiger partial charge in [0.2, 0.25) is 0 Å². The molecule has 4 aliphatic carbocycles. The Hall–Kier alpha value is -5.33. The number of fused-ring (bicyclic) bond motifs is 9. The highest BCUT2D eigenvalue weighted by Gasteiger charge is 2.62. The number of nitrogens with one attached hydrogen (secondary N) is 2. The molecular weight excluding hydrogens is 949 g/mol. The van der Waals surface area contributed by atoms with Gasteiger partial charge in [0.25, 0.3) is 0 Å². The lowest BCUT2D eigenvalue weighted by molar-refractivity contribution is -0.221. The molecule has 13 nitrogen and oxygen atoms in total. The smallest absolute Gasteiger partial charge is 0.334 e. The van der Waals surface area contributed by atoms with Crippen LogP contribution in [0.1, 0.15) is 153 Å². The Balaban J connectivity index is 1.20. The number of aliphatic hydroxyl groups is 4. The minimum atomic E-state index is -1.66. The van der Waals surface area contributed by atoms with Crippen molar-refractivity contribution in [2.75, 3.05) is 39.2 Å². The Morgan fingerprint density at radius 2 is 1.72 bits per heavy atom. The fourth-order valence-corrected chi connectivity index (χ4v) is 14.2. The lowest BCUT2D eigenvalue weighted by Gasteiger charge is -2.58. The largest absolute Gasteiger partial charge is 0.507 e. The average Bonchev–Trinajstić information content (AvgIpc) is 3.41. The summed E-state index contributed by atoms with van der Waals surface area (Å²) >= 11 is 0. The fraction of sp³-hybridized carbons (Fsp3) is 0.565. The minimum absolute atomic E-state index is 0.0295. The molecule has 400 valence electrons. The van der Waals surface area contributed by atoms with Crippen LogP contribution < -0.4 is 15.4 Å². The summed E-state index contributed by atoms with van der Waals surface area (Å²) in [6.45, 7) is 2.45. The number of carbonyl (C=O) groups is 3. The van der Waals surface area contributed by atoms with E-state index in [1.165, 1.54) is 0 Å². The monoisotopic (exact) mass is 1020 g/mol. The number of esters is 2. The van der Waals surface area contributed by atoms with Gasteiger partial charge in [-0.2, -0.15) is 0 Å². The highest BCUT2D eigenvalue weighted by atomic mass is 16.6. The van der Waals surface area contributed by atoms with Crippen molar-refractivity contribution in [1.29, 1.82) is 0 Å². The molecular formula is C62H76N2O11. The molecule has 0 saturated heterocycles. The van der Waals surface area contributed by atoms with Gasteiger partial charge in [0.05, 0.1) is 30.1 Å². The second-order valence-electron chi connectivity index (χ2n) is 23.2. The molecule has 3 heterocycles. The van der Waals surface area contributed by atoms with E-state index >= 15 is 4.79 Å². The number of carbonyl (C=O) groups excluding carboxylic acids is 3. The van der Waals surface area contributed by atoms with E-state index in [1.54, 1.807) is 27.2 Å². The fourth-order valence-electron chi connectivity index (χ4n) is 14.2. The average molecular weight is 1030 g/mol. The maximum Gasteiger partial charge on any atom is 0.334 e. The second kappa shape index (κ2) is 22.3. The van der Waals surface area contributed by atoms with Crippen molar-refractivity contribution in [3.8, 4) is 23.3 Å². The first-order valence-corrected chi connectivity index (χ1v) is 27.7. The van der Waals surface area contributed by atoms with Crippen molar-refractivity contribution >= 4 is 23.4 Å². The van der Waals surface area contributed by atoms with E-state index in [2.05, 4.69) is 34.6 Å². The number of likely N-dealkylation sites (N-methyl/N-ethyl adjacent to an activating group) is 1. The van der Waals surface area contributed by atoms with Crippen LogP contribution in [0, 0.1) is 41.4 Å².